The van der Waals surface area contributed by atoms with Crippen LogP contribution in [0.5, 0.6) is 0 Å². The smallest absolute Gasteiger partial charge is 0.226 e. The van der Waals surface area contributed by atoms with Gasteiger partial charge in [-0.05, 0) is 24.1 Å². The molecule has 1 aromatic rings. The number of rotatable bonds is 13. The molecule has 0 bridgehead atoms. The van der Waals surface area contributed by atoms with Crippen LogP contribution < -0.4 is 16.0 Å². The lowest BCUT2D eigenvalue weighted by Crippen LogP contribution is -2.38. The number of amides is 1. The van der Waals surface area contributed by atoms with E-state index in [-0.39, 0.29) is 35.8 Å². The highest BCUT2D eigenvalue weighted by Crippen LogP contribution is 2.10. The molecule has 0 saturated heterocycles. The zero-order valence-corrected chi connectivity index (χ0v) is 20.5. The number of hydrogen-bond donors (Lipinski definition) is 3. The Hall–Kier alpha value is -1.39. The highest BCUT2D eigenvalue weighted by Gasteiger charge is 2.06. The first-order valence-corrected chi connectivity index (χ1v) is 10.1. The Morgan fingerprint density at radius 3 is 2.28 bits per heavy atom. The lowest BCUT2D eigenvalue weighted by Gasteiger charge is -2.13. The Kier molecular flexibility index (Phi) is 16.6. The molecule has 1 aromatic carbocycles. The van der Waals surface area contributed by atoms with Crippen molar-refractivity contribution in [3.63, 3.8) is 0 Å². The minimum Gasteiger partial charge on any atom is -0.379 e. The largest absolute Gasteiger partial charge is 0.379 e. The number of anilines is 1. The number of guanidine groups is 1. The van der Waals surface area contributed by atoms with Gasteiger partial charge < -0.3 is 25.4 Å². The molecule has 8 heteroatoms. The Bertz CT molecular complexity index is 580. The number of halogens is 1. The molecule has 3 N–H and O–H groups in total. The summed E-state index contributed by atoms with van der Waals surface area (Å²) in [6.07, 6.45) is 2.24. The summed E-state index contributed by atoms with van der Waals surface area (Å²) < 4.78 is 11.0. The van der Waals surface area contributed by atoms with E-state index in [1.54, 1.807) is 7.05 Å². The maximum atomic E-state index is 11.7. The topological polar surface area (TPSA) is 84.0 Å². The molecule has 1 amide bonds. The number of unbranched alkanes of at least 4 members (excludes halogenated alkanes) is 1. The van der Waals surface area contributed by atoms with Crippen LogP contribution in [0.4, 0.5) is 5.69 Å². The average molecular weight is 520 g/mol. The second kappa shape index (κ2) is 17.5. The van der Waals surface area contributed by atoms with Crippen LogP contribution in [-0.2, 0) is 20.8 Å². The predicted octanol–water partition coefficient (Wildman–Crippen LogP) is 3.40. The van der Waals surface area contributed by atoms with E-state index in [0.29, 0.717) is 32.9 Å². The fraction of sp³-hybridized carbons (Fsp3) is 0.619. The van der Waals surface area contributed by atoms with Crippen LogP contribution >= 0.6 is 24.0 Å². The van der Waals surface area contributed by atoms with Gasteiger partial charge in [-0.2, -0.15) is 0 Å². The van der Waals surface area contributed by atoms with E-state index in [0.717, 1.165) is 36.7 Å². The Labute approximate surface area is 192 Å². The molecule has 0 aromatic heterocycles. The molecule has 0 fully saturated rings. The highest BCUT2D eigenvalue weighted by molar-refractivity contribution is 14.0. The van der Waals surface area contributed by atoms with Gasteiger partial charge in [0.1, 0.15) is 0 Å². The van der Waals surface area contributed by atoms with Crippen LogP contribution in [0.2, 0.25) is 0 Å². The molecule has 0 aliphatic heterocycles. The molecule has 0 unspecified atom stereocenters. The Morgan fingerprint density at radius 2 is 1.69 bits per heavy atom. The molecule has 0 saturated carbocycles. The fourth-order valence-corrected chi connectivity index (χ4v) is 2.21. The summed E-state index contributed by atoms with van der Waals surface area (Å²) in [6, 6.07) is 7.78. The van der Waals surface area contributed by atoms with E-state index in [4.69, 9.17) is 9.47 Å². The van der Waals surface area contributed by atoms with Gasteiger partial charge in [-0.1, -0.05) is 39.3 Å². The standard InChI is InChI=1S/C21H36N4O3.HI/c1-5-6-12-27-14-15-28-13-11-23-21(22-4)24-16-18-7-9-19(10-8-18)25-20(26)17(2)3;/h7-10,17H,5-6,11-16H2,1-4H3,(H,25,26)(H2,22,23,24);1H. The number of benzene rings is 1. The summed E-state index contributed by atoms with van der Waals surface area (Å²) in [5.74, 6) is 0.707. The molecule has 0 radical (unpaired) electrons. The molecule has 0 atom stereocenters. The third-order valence-corrected chi connectivity index (χ3v) is 3.98. The second-order valence-electron chi connectivity index (χ2n) is 6.77. The van der Waals surface area contributed by atoms with Crippen LogP contribution in [-0.4, -0.2) is 51.9 Å². The summed E-state index contributed by atoms with van der Waals surface area (Å²) in [7, 11) is 1.74. The maximum absolute atomic E-state index is 11.7. The van der Waals surface area contributed by atoms with E-state index in [1.165, 1.54) is 0 Å². The van der Waals surface area contributed by atoms with Crippen molar-refractivity contribution in [2.45, 2.75) is 40.2 Å². The normalized spacial score (nSPS) is 11.1. The van der Waals surface area contributed by atoms with E-state index >= 15 is 0 Å². The van der Waals surface area contributed by atoms with Gasteiger partial charge in [0.15, 0.2) is 5.96 Å². The lowest BCUT2D eigenvalue weighted by atomic mass is 10.1. The van der Waals surface area contributed by atoms with Gasteiger partial charge in [-0.15, -0.1) is 24.0 Å². The van der Waals surface area contributed by atoms with Gasteiger partial charge in [0, 0.05) is 38.3 Å². The number of carbonyl (C=O) groups excluding carboxylic acids is 1. The molecule has 1 rings (SSSR count). The summed E-state index contributed by atoms with van der Waals surface area (Å²) >= 11 is 0. The fourth-order valence-electron chi connectivity index (χ4n) is 2.21. The number of aliphatic imine (C=N–C) groups is 1. The van der Waals surface area contributed by atoms with Gasteiger partial charge in [0.25, 0.3) is 0 Å². The number of hydrogen-bond acceptors (Lipinski definition) is 4. The number of nitrogens with zero attached hydrogens (tertiary/aromatic N) is 1. The van der Waals surface area contributed by atoms with E-state index in [9.17, 15) is 4.79 Å². The van der Waals surface area contributed by atoms with E-state index in [2.05, 4.69) is 27.9 Å². The van der Waals surface area contributed by atoms with Crippen LogP contribution in [0.15, 0.2) is 29.3 Å². The van der Waals surface area contributed by atoms with Gasteiger partial charge >= 0.3 is 0 Å². The first-order chi connectivity index (χ1) is 13.6. The molecule has 0 aliphatic carbocycles. The van der Waals surface area contributed by atoms with E-state index in [1.807, 2.05) is 38.1 Å². The minimum absolute atomic E-state index is 0. The third-order valence-electron chi connectivity index (χ3n) is 3.98. The zero-order chi connectivity index (χ0) is 20.6. The SMILES string of the molecule is CCCCOCCOCCNC(=NC)NCc1ccc(NC(=O)C(C)C)cc1.I. The first kappa shape index (κ1) is 27.6. The Balaban J connectivity index is 0.00000784. The number of ether oxygens (including phenoxy) is 2. The molecule has 0 spiro atoms. The summed E-state index contributed by atoms with van der Waals surface area (Å²) in [5, 5.41) is 9.36. The minimum atomic E-state index is -0.0340. The van der Waals surface area contributed by atoms with Crippen molar-refractivity contribution in [2.75, 3.05) is 45.3 Å². The summed E-state index contributed by atoms with van der Waals surface area (Å²) in [5.41, 5.74) is 1.91. The predicted molar refractivity (Wildman–Crippen MR) is 130 cm³/mol. The van der Waals surface area contributed by atoms with Crippen LogP contribution in [0.3, 0.4) is 0 Å². The second-order valence-corrected chi connectivity index (χ2v) is 6.77. The van der Waals surface area contributed by atoms with Crippen molar-refractivity contribution in [1.82, 2.24) is 10.6 Å². The third kappa shape index (κ3) is 13.5. The summed E-state index contributed by atoms with van der Waals surface area (Å²) in [6.45, 7) is 9.87. The van der Waals surface area contributed by atoms with Gasteiger partial charge in [0.2, 0.25) is 5.91 Å². The molecule has 166 valence electrons. The van der Waals surface area contributed by atoms with Crippen LogP contribution in [0, 0.1) is 5.92 Å². The van der Waals surface area contributed by atoms with Crippen LogP contribution in [0.1, 0.15) is 39.2 Å². The molecule has 0 aliphatic rings. The monoisotopic (exact) mass is 520 g/mol. The van der Waals surface area contributed by atoms with Crippen molar-refractivity contribution in [3.8, 4) is 0 Å². The molecule has 7 nitrogen and oxygen atoms in total. The van der Waals surface area contributed by atoms with Crippen molar-refractivity contribution in [3.05, 3.63) is 29.8 Å². The molecular formula is C21H37IN4O3. The zero-order valence-electron chi connectivity index (χ0n) is 18.1. The van der Waals surface area contributed by atoms with Crippen LogP contribution in [0.25, 0.3) is 0 Å². The van der Waals surface area contributed by atoms with Gasteiger partial charge in [-0.3, -0.25) is 9.79 Å². The van der Waals surface area contributed by atoms with Gasteiger partial charge in [-0.25, -0.2) is 0 Å². The van der Waals surface area contributed by atoms with Crippen molar-refractivity contribution in [2.24, 2.45) is 10.9 Å². The number of nitrogens with one attached hydrogen (secondary N) is 3. The summed E-state index contributed by atoms with van der Waals surface area (Å²) in [4.78, 5) is 15.9. The van der Waals surface area contributed by atoms with E-state index < -0.39 is 0 Å². The van der Waals surface area contributed by atoms with Crippen molar-refractivity contribution >= 4 is 41.5 Å². The quantitative estimate of drug-likeness (QED) is 0.161. The lowest BCUT2D eigenvalue weighted by molar-refractivity contribution is -0.118. The van der Waals surface area contributed by atoms with Crippen molar-refractivity contribution < 1.29 is 14.3 Å². The van der Waals surface area contributed by atoms with Gasteiger partial charge in [0.05, 0.1) is 19.8 Å². The Morgan fingerprint density at radius 1 is 1.03 bits per heavy atom. The maximum Gasteiger partial charge on any atom is 0.226 e. The molecular weight excluding hydrogens is 483 g/mol. The molecule has 29 heavy (non-hydrogen) atoms. The number of carbonyl (C=O) groups is 1. The van der Waals surface area contributed by atoms with Crippen molar-refractivity contribution in [1.29, 1.82) is 0 Å². The average Bonchev–Trinajstić information content (AvgIpc) is 2.70. The first-order valence-electron chi connectivity index (χ1n) is 10.1. The molecule has 0 heterocycles. The highest BCUT2D eigenvalue weighted by atomic mass is 127.